The van der Waals surface area contributed by atoms with Crippen molar-refractivity contribution in [2.24, 2.45) is 5.73 Å². The zero-order valence-corrected chi connectivity index (χ0v) is 8.21. The van der Waals surface area contributed by atoms with E-state index in [1.54, 1.807) is 0 Å². The van der Waals surface area contributed by atoms with Crippen LogP contribution in [0.15, 0.2) is 28.7 Å². The van der Waals surface area contributed by atoms with Gasteiger partial charge in [0.15, 0.2) is 0 Å². The first-order valence-electron chi connectivity index (χ1n) is 3.65. The molecule has 1 aromatic carbocycles. The summed E-state index contributed by atoms with van der Waals surface area (Å²) in [5, 5.41) is 0. The van der Waals surface area contributed by atoms with Crippen molar-refractivity contribution in [2.45, 2.75) is 0 Å². The zero-order valence-electron chi connectivity index (χ0n) is 6.63. The molecule has 64 valence electrons. The van der Waals surface area contributed by atoms with Crippen LogP contribution in [0.25, 0.3) is 6.08 Å². The Labute approximate surface area is 80.4 Å². The van der Waals surface area contributed by atoms with Gasteiger partial charge in [-0.25, -0.2) is 0 Å². The predicted molar refractivity (Wildman–Crippen MR) is 56.6 cm³/mol. The molecule has 0 spiro atoms. The number of nitrogen functional groups attached to an aromatic ring is 1. The summed E-state index contributed by atoms with van der Waals surface area (Å²) in [5.74, 6) is 0. The quantitative estimate of drug-likeness (QED) is 0.759. The van der Waals surface area contributed by atoms with Crippen LogP contribution in [-0.2, 0) is 0 Å². The zero-order chi connectivity index (χ0) is 8.97. The maximum atomic E-state index is 5.62. The molecule has 0 fully saturated rings. The van der Waals surface area contributed by atoms with Gasteiger partial charge in [-0.1, -0.05) is 18.2 Å². The van der Waals surface area contributed by atoms with Crippen LogP contribution in [0.5, 0.6) is 0 Å². The van der Waals surface area contributed by atoms with E-state index in [4.69, 9.17) is 11.5 Å². The topological polar surface area (TPSA) is 52.0 Å². The Morgan fingerprint density at radius 2 is 2.17 bits per heavy atom. The SMILES string of the molecule is NCC=Cc1ccc(N)c(Br)c1. The molecular formula is C9H11BrN2. The number of hydrogen-bond acceptors (Lipinski definition) is 2. The highest BCUT2D eigenvalue weighted by atomic mass is 79.9. The highest BCUT2D eigenvalue weighted by Crippen LogP contribution is 2.20. The molecule has 0 aliphatic rings. The molecule has 0 heterocycles. The minimum atomic E-state index is 0.558. The highest BCUT2D eigenvalue weighted by molar-refractivity contribution is 9.10. The molecule has 1 aromatic rings. The summed E-state index contributed by atoms with van der Waals surface area (Å²) in [4.78, 5) is 0. The van der Waals surface area contributed by atoms with Crippen molar-refractivity contribution in [2.75, 3.05) is 12.3 Å². The average molecular weight is 227 g/mol. The van der Waals surface area contributed by atoms with Gasteiger partial charge in [-0.05, 0) is 33.6 Å². The third-order valence-electron chi connectivity index (χ3n) is 1.47. The van der Waals surface area contributed by atoms with Gasteiger partial charge in [0.05, 0.1) is 0 Å². The number of halogens is 1. The molecule has 0 aliphatic heterocycles. The lowest BCUT2D eigenvalue weighted by Crippen LogP contribution is -1.92. The third-order valence-corrected chi connectivity index (χ3v) is 2.16. The Morgan fingerprint density at radius 3 is 2.75 bits per heavy atom. The van der Waals surface area contributed by atoms with E-state index < -0.39 is 0 Å². The van der Waals surface area contributed by atoms with Crippen LogP contribution in [0.1, 0.15) is 5.56 Å². The van der Waals surface area contributed by atoms with Crippen LogP contribution in [0.2, 0.25) is 0 Å². The minimum absolute atomic E-state index is 0.558. The van der Waals surface area contributed by atoms with E-state index in [0.29, 0.717) is 6.54 Å². The molecule has 0 unspecified atom stereocenters. The van der Waals surface area contributed by atoms with E-state index in [2.05, 4.69) is 15.9 Å². The summed E-state index contributed by atoms with van der Waals surface area (Å²) in [6.07, 6.45) is 3.86. The van der Waals surface area contributed by atoms with Crippen molar-refractivity contribution >= 4 is 27.7 Å². The molecule has 0 aromatic heterocycles. The first-order chi connectivity index (χ1) is 5.74. The van der Waals surface area contributed by atoms with Gasteiger partial charge in [0.2, 0.25) is 0 Å². The molecular weight excluding hydrogens is 216 g/mol. The monoisotopic (exact) mass is 226 g/mol. The normalized spacial score (nSPS) is 10.8. The molecule has 0 atom stereocenters. The van der Waals surface area contributed by atoms with E-state index in [1.165, 1.54) is 0 Å². The van der Waals surface area contributed by atoms with E-state index in [0.717, 1.165) is 15.7 Å². The summed E-state index contributed by atoms with van der Waals surface area (Å²) in [6, 6.07) is 5.77. The van der Waals surface area contributed by atoms with E-state index >= 15 is 0 Å². The second-order valence-corrected chi connectivity index (χ2v) is 3.27. The Morgan fingerprint density at radius 1 is 1.42 bits per heavy atom. The highest BCUT2D eigenvalue weighted by Gasteiger charge is 1.93. The molecule has 4 N–H and O–H groups in total. The molecule has 2 nitrogen and oxygen atoms in total. The summed E-state index contributed by atoms with van der Waals surface area (Å²) < 4.78 is 0.918. The number of anilines is 1. The minimum Gasteiger partial charge on any atom is -0.398 e. The smallest absolute Gasteiger partial charge is 0.0458 e. The van der Waals surface area contributed by atoms with Crippen molar-refractivity contribution < 1.29 is 0 Å². The standard InChI is InChI=1S/C9H11BrN2/c10-8-6-7(2-1-5-11)3-4-9(8)12/h1-4,6H,5,11-12H2. The summed E-state index contributed by atoms with van der Waals surface area (Å²) in [7, 11) is 0. The maximum absolute atomic E-state index is 5.62. The van der Waals surface area contributed by atoms with Crippen molar-refractivity contribution in [3.05, 3.63) is 34.3 Å². The summed E-state index contributed by atoms with van der Waals surface area (Å²) in [5.41, 5.74) is 12.8. The lowest BCUT2D eigenvalue weighted by Gasteiger charge is -1.98. The molecule has 0 saturated heterocycles. The fraction of sp³-hybridized carbons (Fsp3) is 0.111. The molecule has 0 saturated carbocycles. The molecule has 0 aliphatic carbocycles. The van der Waals surface area contributed by atoms with Crippen LogP contribution >= 0.6 is 15.9 Å². The first-order valence-corrected chi connectivity index (χ1v) is 4.45. The van der Waals surface area contributed by atoms with Crippen molar-refractivity contribution in [3.63, 3.8) is 0 Å². The largest absolute Gasteiger partial charge is 0.398 e. The average Bonchev–Trinajstić information content (AvgIpc) is 2.07. The number of nitrogens with two attached hydrogens (primary N) is 2. The third kappa shape index (κ3) is 2.36. The van der Waals surface area contributed by atoms with Gasteiger partial charge in [0.1, 0.15) is 0 Å². The molecule has 3 heteroatoms. The lowest BCUT2D eigenvalue weighted by molar-refractivity contribution is 1.26. The van der Waals surface area contributed by atoms with Crippen LogP contribution in [-0.4, -0.2) is 6.54 Å². The second-order valence-electron chi connectivity index (χ2n) is 2.42. The molecule has 12 heavy (non-hydrogen) atoms. The van der Waals surface area contributed by atoms with Crippen molar-refractivity contribution in [3.8, 4) is 0 Å². The van der Waals surface area contributed by atoms with Gasteiger partial charge in [-0.15, -0.1) is 0 Å². The molecule has 0 bridgehead atoms. The predicted octanol–water partition coefficient (Wildman–Crippen LogP) is 2.00. The lowest BCUT2D eigenvalue weighted by atomic mass is 10.2. The van der Waals surface area contributed by atoms with E-state index in [-0.39, 0.29) is 0 Å². The molecule has 1 rings (SSSR count). The van der Waals surface area contributed by atoms with Gasteiger partial charge < -0.3 is 11.5 Å². The van der Waals surface area contributed by atoms with Crippen molar-refractivity contribution in [1.82, 2.24) is 0 Å². The summed E-state index contributed by atoms with van der Waals surface area (Å²) >= 11 is 3.35. The fourth-order valence-electron chi connectivity index (χ4n) is 0.851. The van der Waals surface area contributed by atoms with Gasteiger partial charge in [-0.3, -0.25) is 0 Å². The van der Waals surface area contributed by atoms with Crippen molar-refractivity contribution in [1.29, 1.82) is 0 Å². The first kappa shape index (κ1) is 9.29. The van der Waals surface area contributed by atoms with E-state index in [1.807, 2.05) is 30.4 Å². The fourth-order valence-corrected chi connectivity index (χ4v) is 1.25. The Bertz CT molecular complexity index is 295. The van der Waals surface area contributed by atoms with Gasteiger partial charge in [0, 0.05) is 16.7 Å². The van der Waals surface area contributed by atoms with Crippen LogP contribution in [0.4, 0.5) is 5.69 Å². The van der Waals surface area contributed by atoms with Gasteiger partial charge in [0.25, 0.3) is 0 Å². The summed E-state index contributed by atoms with van der Waals surface area (Å²) in [6.45, 7) is 0.558. The van der Waals surface area contributed by atoms with Crippen LogP contribution < -0.4 is 11.5 Å². The number of rotatable bonds is 2. The Hall–Kier alpha value is -0.800. The molecule has 0 radical (unpaired) electrons. The van der Waals surface area contributed by atoms with E-state index in [9.17, 15) is 0 Å². The van der Waals surface area contributed by atoms with Gasteiger partial charge >= 0.3 is 0 Å². The van der Waals surface area contributed by atoms with Crippen LogP contribution in [0.3, 0.4) is 0 Å². The number of benzene rings is 1. The number of hydrogen-bond donors (Lipinski definition) is 2. The van der Waals surface area contributed by atoms with Crippen LogP contribution in [0, 0.1) is 0 Å². The maximum Gasteiger partial charge on any atom is 0.0458 e. The Kier molecular flexibility index (Phi) is 3.31. The second kappa shape index (κ2) is 4.28. The molecule has 0 amide bonds. The Balaban J connectivity index is 2.89. The van der Waals surface area contributed by atoms with Gasteiger partial charge in [-0.2, -0.15) is 0 Å².